The van der Waals surface area contributed by atoms with Gasteiger partial charge in [0.1, 0.15) is 11.5 Å². The molecule has 0 aliphatic heterocycles. The molecule has 26 heavy (non-hydrogen) atoms. The number of carbonyl (C=O) groups excluding carboxylic acids is 1. The van der Waals surface area contributed by atoms with Gasteiger partial charge < -0.3 is 19.5 Å². The number of methoxy groups -OCH3 is 1. The third-order valence-electron chi connectivity index (χ3n) is 3.96. The number of aryl methyl sites for hydroxylation is 2. The van der Waals surface area contributed by atoms with E-state index in [9.17, 15) is 9.59 Å². The first-order valence-corrected chi connectivity index (χ1v) is 8.16. The normalized spacial score (nSPS) is 10.3. The summed E-state index contributed by atoms with van der Waals surface area (Å²) in [5.74, 6) is 0.169. The van der Waals surface area contributed by atoms with Gasteiger partial charge in [0, 0.05) is 19.2 Å². The van der Waals surface area contributed by atoms with Gasteiger partial charge in [0.05, 0.1) is 7.11 Å². The number of rotatable bonds is 7. The van der Waals surface area contributed by atoms with Crippen LogP contribution in [0.1, 0.15) is 27.0 Å². The summed E-state index contributed by atoms with van der Waals surface area (Å²) in [4.78, 5) is 24.8. The Bertz CT molecular complexity index is 775. The predicted octanol–water partition coefficient (Wildman–Crippen LogP) is 3.05. The Hall–Kier alpha value is -3.02. The number of amides is 1. The molecular weight excluding hydrogens is 334 g/mol. The minimum atomic E-state index is -1.02. The lowest BCUT2D eigenvalue weighted by Crippen LogP contribution is -2.26. The molecule has 2 aromatic carbocycles. The van der Waals surface area contributed by atoms with Gasteiger partial charge in [-0.25, -0.2) is 4.79 Å². The van der Waals surface area contributed by atoms with Crippen molar-refractivity contribution in [3.8, 4) is 11.5 Å². The molecule has 1 N–H and O–H groups in total. The van der Waals surface area contributed by atoms with E-state index in [1.54, 1.807) is 31.2 Å². The van der Waals surface area contributed by atoms with Crippen LogP contribution in [-0.2, 0) is 11.3 Å². The summed E-state index contributed by atoms with van der Waals surface area (Å²) in [6.45, 7) is 3.88. The van der Waals surface area contributed by atoms with Gasteiger partial charge in [0.25, 0.3) is 5.91 Å². The summed E-state index contributed by atoms with van der Waals surface area (Å²) in [5.41, 5.74) is 3.38. The van der Waals surface area contributed by atoms with Crippen LogP contribution in [0.4, 0.5) is 0 Å². The summed E-state index contributed by atoms with van der Waals surface area (Å²) in [5, 5.41) is 8.61. The zero-order valence-electron chi connectivity index (χ0n) is 15.4. The van der Waals surface area contributed by atoms with E-state index in [1.165, 1.54) is 0 Å². The van der Waals surface area contributed by atoms with Crippen LogP contribution in [0.2, 0.25) is 0 Å². The molecule has 0 fully saturated rings. The molecule has 0 atom stereocenters. The van der Waals surface area contributed by atoms with Crippen molar-refractivity contribution in [1.29, 1.82) is 0 Å². The molecule has 0 aliphatic carbocycles. The first-order valence-electron chi connectivity index (χ1n) is 8.16. The van der Waals surface area contributed by atoms with Crippen molar-refractivity contribution in [3.63, 3.8) is 0 Å². The Labute approximate surface area is 153 Å². The van der Waals surface area contributed by atoms with Crippen molar-refractivity contribution in [2.24, 2.45) is 0 Å². The number of aliphatic carboxylic acids is 1. The molecule has 0 aliphatic rings. The Morgan fingerprint density at radius 1 is 1.08 bits per heavy atom. The molecule has 0 saturated carbocycles. The van der Waals surface area contributed by atoms with Crippen molar-refractivity contribution in [2.45, 2.75) is 20.4 Å². The highest BCUT2D eigenvalue weighted by Crippen LogP contribution is 2.25. The first kappa shape index (κ1) is 19.3. The second-order valence-corrected chi connectivity index (χ2v) is 6.13. The summed E-state index contributed by atoms with van der Waals surface area (Å²) >= 11 is 0. The number of carboxylic acids is 1. The van der Waals surface area contributed by atoms with Gasteiger partial charge in [-0.05, 0) is 54.8 Å². The lowest BCUT2D eigenvalue weighted by atomic mass is 10.0. The third-order valence-corrected chi connectivity index (χ3v) is 3.96. The molecule has 6 nitrogen and oxygen atoms in total. The second-order valence-electron chi connectivity index (χ2n) is 6.13. The number of benzene rings is 2. The van der Waals surface area contributed by atoms with E-state index >= 15 is 0 Å². The van der Waals surface area contributed by atoms with Crippen molar-refractivity contribution in [2.75, 3.05) is 20.8 Å². The number of hydrogen-bond donors (Lipinski definition) is 1. The summed E-state index contributed by atoms with van der Waals surface area (Å²) in [6, 6.07) is 10.7. The standard InChI is InChI=1S/C20H23NO5/c1-13-9-16(10-14(2)19(13)25-4)20(24)21(3)11-15-5-7-17(8-6-15)26-12-18(22)23/h5-10H,11-12H2,1-4H3,(H,22,23). The summed E-state index contributed by atoms with van der Waals surface area (Å²) in [6.07, 6.45) is 0. The van der Waals surface area contributed by atoms with Gasteiger partial charge in [-0.2, -0.15) is 0 Å². The highest BCUT2D eigenvalue weighted by molar-refractivity contribution is 5.94. The Morgan fingerprint density at radius 3 is 2.15 bits per heavy atom. The Balaban J connectivity index is 2.06. The van der Waals surface area contributed by atoms with E-state index in [-0.39, 0.29) is 12.5 Å². The van der Waals surface area contributed by atoms with Gasteiger partial charge in [-0.3, -0.25) is 4.79 Å². The molecule has 0 heterocycles. The van der Waals surface area contributed by atoms with E-state index in [4.69, 9.17) is 14.6 Å². The van der Waals surface area contributed by atoms with Crippen molar-refractivity contribution in [1.82, 2.24) is 4.90 Å². The maximum atomic E-state index is 12.7. The van der Waals surface area contributed by atoms with E-state index < -0.39 is 5.97 Å². The fraction of sp³-hybridized carbons (Fsp3) is 0.300. The molecule has 0 unspecified atom stereocenters. The lowest BCUT2D eigenvalue weighted by Gasteiger charge is -2.19. The minimum absolute atomic E-state index is 0.0787. The number of carbonyl (C=O) groups is 2. The van der Waals surface area contributed by atoms with Gasteiger partial charge in [-0.1, -0.05) is 12.1 Å². The Kier molecular flexibility index (Phi) is 6.22. The number of nitrogens with zero attached hydrogens (tertiary/aromatic N) is 1. The number of hydrogen-bond acceptors (Lipinski definition) is 4. The molecule has 2 rings (SSSR count). The number of ether oxygens (including phenoxy) is 2. The van der Waals surface area contributed by atoms with Crippen LogP contribution in [0.15, 0.2) is 36.4 Å². The van der Waals surface area contributed by atoms with Crippen LogP contribution in [0.25, 0.3) is 0 Å². The first-order chi connectivity index (χ1) is 12.3. The highest BCUT2D eigenvalue weighted by Gasteiger charge is 2.15. The topological polar surface area (TPSA) is 76.1 Å². The smallest absolute Gasteiger partial charge is 0.341 e. The highest BCUT2D eigenvalue weighted by atomic mass is 16.5. The summed E-state index contributed by atoms with van der Waals surface area (Å²) in [7, 11) is 3.36. The van der Waals surface area contributed by atoms with Gasteiger partial charge in [0.2, 0.25) is 0 Å². The van der Waals surface area contributed by atoms with Gasteiger partial charge >= 0.3 is 5.97 Å². The summed E-state index contributed by atoms with van der Waals surface area (Å²) < 4.78 is 10.4. The van der Waals surface area contributed by atoms with Crippen molar-refractivity contribution >= 4 is 11.9 Å². The van der Waals surface area contributed by atoms with Gasteiger partial charge in [-0.15, -0.1) is 0 Å². The monoisotopic (exact) mass is 357 g/mol. The van der Waals surface area contributed by atoms with E-state index in [0.717, 1.165) is 22.4 Å². The molecule has 0 saturated heterocycles. The zero-order valence-corrected chi connectivity index (χ0v) is 15.4. The van der Waals surface area contributed by atoms with Crippen LogP contribution in [-0.4, -0.2) is 42.6 Å². The largest absolute Gasteiger partial charge is 0.496 e. The van der Waals surface area contributed by atoms with E-state index in [0.29, 0.717) is 17.9 Å². The van der Waals surface area contributed by atoms with Gasteiger partial charge in [0.15, 0.2) is 6.61 Å². The fourth-order valence-electron chi connectivity index (χ4n) is 2.80. The Morgan fingerprint density at radius 2 is 1.65 bits per heavy atom. The van der Waals surface area contributed by atoms with Crippen LogP contribution in [0.5, 0.6) is 11.5 Å². The third kappa shape index (κ3) is 4.75. The van der Waals surface area contributed by atoms with Crippen molar-refractivity contribution < 1.29 is 24.2 Å². The van der Waals surface area contributed by atoms with Crippen LogP contribution < -0.4 is 9.47 Å². The average molecular weight is 357 g/mol. The maximum absolute atomic E-state index is 12.7. The molecular formula is C20H23NO5. The molecule has 0 bridgehead atoms. The molecule has 2 aromatic rings. The predicted molar refractivity (Wildman–Crippen MR) is 97.8 cm³/mol. The molecule has 1 amide bonds. The lowest BCUT2D eigenvalue weighted by molar-refractivity contribution is -0.139. The molecule has 0 aromatic heterocycles. The number of carboxylic acid groups (broad SMARTS) is 1. The molecule has 6 heteroatoms. The van der Waals surface area contributed by atoms with Crippen LogP contribution >= 0.6 is 0 Å². The zero-order chi connectivity index (χ0) is 19.3. The van der Waals surface area contributed by atoms with E-state index in [1.807, 2.05) is 38.1 Å². The van der Waals surface area contributed by atoms with Crippen LogP contribution in [0, 0.1) is 13.8 Å². The molecule has 0 radical (unpaired) electrons. The fourth-order valence-corrected chi connectivity index (χ4v) is 2.80. The maximum Gasteiger partial charge on any atom is 0.341 e. The van der Waals surface area contributed by atoms with Crippen molar-refractivity contribution in [3.05, 3.63) is 58.7 Å². The SMILES string of the molecule is COc1c(C)cc(C(=O)N(C)Cc2ccc(OCC(=O)O)cc2)cc1C. The molecule has 138 valence electrons. The second kappa shape index (κ2) is 8.38. The average Bonchev–Trinajstić information content (AvgIpc) is 2.60. The quantitative estimate of drug-likeness (QED) is 0.824. The van der Waals surface area contributed by atoms with Crippen LogP contribution in [0.3, 0.4) is 0 Å². The molecule has 0 spiro atoms. The van der Waals surface area contributed by atoms with E-state index in [2.05, 4.69) is 0 Å². The minimum Gasteiger partial charge on any atom is -0.496 e.